The molecule has 1 aromatic heterocycles. The highest BCUT2D eigenvalue weighted by Gasteiger charge is 2.41. The zero-order valence-electron chi connectivity index (χ0n) is 14.3. The van der Waals surface area contributed by atoms with Gasteiger partial charge in [0.2, 0.25) is 0 Å². The van der Waals surface area contributed by atoms with E-state index in [9.17, 15) is 9.50 Å². The Morgan fingerprint density at radius 3 is 2.73 bits per heavy atom. The number of ether oxygens (including phenoxy) is 2. The Morgan fingerprint density at radius 2 is 2.00 bits per heavy atom. The molecule has 0 unspecified atom stereocenters. The minimum Gasteiger partial charge on any atom is -0.491 e. The number of rotatable bonds is 6. The molecular weight excluding hydrogens is 335 g/mol. The van der Waals surface area contributed by atoms with Crippen LogP contribution >= 0.6 is 0 Å². The van der Waals surface area contributed by atoms with Gasteiger partial charge in [0.05, 0.1) is 11.1 Å². The summed E-state index contributed by atoms with van der Waals surface area (Å²) in [4.78, 5) is 4.33. The number of pyridine rings is 1. The summed E-state index contributed by atoms with van der Waals surface area (Å²) in [5, 5.41) is 13.5. The fraction of sp³-hybridized carbons (Fsp3) is 0.250. The first-order valence-electron chi connectivity index (χ1n) is 8.45. The zero-order chi connectivity index (χ0) is 18.1. The molecule has 1 heterocycles. The highest BCUT2D eigenvalue weighted by atomic mass is 19.1. The third kappa shape index (κ3) is 3.41. The summed E-state index contributed by atoms with van der Waals surface area (Å²) >= 11 is 0. The number of nitrogens with one attached hydrogen (secondary N) is 1. The summed E-state index contributed by atoms with van der Waals surface area (Å²) in [7, 11) is 1.73. The van der Waals surface area contributed by atoms with Crippen molar-refractivity contribution in [2.45, 2.75) is 18.4 Å². The first-order valence-corrected chi connectivity index (χ1v) is 8.45. The second-order valence-electron chi connectivity index (χ2n) is 6.50. The van der Waals surface area contributed by atoms with Crippen LogP contribution in [-0.4, -0.2) is 29.3 Å². The molecule has 3 aromatic rings. The van der Waals surface area contributed by atoms with Gasteiger partial charge in [-0.25, -0.2) is 4.39 Å². The molecule has 6 heteroatoms. The van der Waals surface area contributed by atoms with Crippen molar-refractivity contribution in [1.82, 2.24) is 4.98 Å². The maximum absolute atomic E-state index is 14.2. The maximum Gasteiger partial charge on any atom is 0.167 e. The van der Waals surface area contributed by atoms with Gasteiger partial charge in [0.1, 0.15) is 18.1 Å². The normalized spacial score (nSPS) is 14.9. The van der Waals surface area contributed by atoms with E-state index in [0.29, 0.717) is 22.7 Å². The van der Waals surface area contributed by atoms with Crippen LogP contribution in [0.4, 0.5) is 10.1 Å². The lowest BCUT2D eigenvalue weighted by Gasteiger charge is -2.13. The molecule has 4 rings (SSSR count). The molecule has 0 saturated heterocycles. The Hall–Kier alpha value is -2.86. The van der Waals surface area contributed by atoms with Crippen molar-refractivity contribution in [3.63, 3.8) is 0 Å². The van der Waals surface area contributed by atoms with Gasteiger partial charge < -0.3 is 19.9 Å². The zero-order valence-corrected chi connectivity index (χ0v) is 14.3. The average Bonchev–Trinajstić information content (AvgIpc) is 3.39. The minimum atomic E-state index is -0.676. The second-order valence-corrected chi connectivity index (χ2v) is 6.50. The summed E-state index contributed by atoms with van der Waals surface area (Å²) < 4.78 is 25.6. The Labute approximate surface area is 150 Å². The molecule has 134 valence electrons. The van der Waals surface area contributed by atoms with Crippen LogP contribution in [0.1, 0.15) is 12.8 Å². The Morgan fingerprint density at radius 1 is 1.15 bits per heavy atom. The van der Waals surface area contributed by atoms with Crippen LogP contribution in [0.25, 0.3) is 10.9 Å². The number of halogens is 1. The van der Waals surface area contributed by atoms with Gasteiger partial charge in [0.15, 0.2) is 11.6 Å². The van der Waals surface area contributed by atoms with Crippen molar-refractivity contribution in [1.29, 1.82) is 0 Å². The number of benzene rings is 2. The lowest BCUT2D eigenvalue weighted by Crippen LogP contribution is -2.18. The quantitative estimate of drug-likeness (QED) is 0.697. The molecule has 1 saturated carbocycles. The number of hydrogen-bond donors (Lipinski definition) is 2. The van der Waals surface area contributed by atoms with Gasteiger partial charge in [0, 0.05) is 36.5 Å². The molecule has 0 bridgehead atoms. The van der Waals surface area contributed by atoms with Crippen LogP contribution in [0.5, 0.6) is 17.2 Å². The van der Waals surface area contributed by atoms with Crippen molar-refractivity contribution in [3.8, 4) is 17.2 Å². The maximum atomic E-state index is 14.2. The van der Waals surface area contributed by atoms with E-state index in [1.54, 1.807) is 43.6 Å². The first kappa shape index (κ1) is 16.6. The van der Waals surface area contributed by atoms with E-state index in [1.165, 1.54) is 6.07 Å². The molecule has 2 N–H and O–H groups in total. The van der Waals surface area contributed by atoms with Crippen molar-refractivity contribution in [2.75, 3.05) is 19.0 Å². The topological polar surface area (TPSA) is 63.6 Å². The first-order chi connectivity index (χ1) is 12.6. The lowest BCUT2D eigenvalue weighted by molar-refractivity contribution is 0.0857. The summed E-state index contributed by atoms with van der Waals surface area (Å²) in [6, 6.07) is 11.8. The molecule has 26 heavy (non-hydrogen) atoms. The summed E-state index contributed by atoms with van der Waals surface area (Å²) in [5.41, 5.74) is 0.674. The van der Waals surface area contributed by atoms with E-state index < -0.39 is 11.4 Å². The van der Waals surface area contributed by atoms with Gasteiger partial charge in [-0.15, -0.1) is 0 Å². The van der Waals surface area contributed by atoms with E-state index in [2.05, 4.69) is 10.3 Å². The summed E-state index contributed by atoms with van der Waals surface area (Å²) in [6.45, 7) is 0.276. The number of hydrogen-bond acceptors (Lipinski definition) is 5. The number of fused-ring (bicyclic) bond motifs is 1. The molecule has 0 atom stereocenters. The molecule has 0 spiro atoms. The lowest BCUT2D eigenvalue weighted by atomic mass is 10.2. The van der Waals surface area contributed by atoms with Gasteiger partial charge in [-0.2, -0.15) is 0 Å². The molecule has 5 nitrogen and oxygen atoms in total. The number of aromatic nitrogens is 1. The van der Waals surface area contributed by atoms with Gasteiger partial charge in [-0.3, -0.25) is 4.98 Å². The Balaban J connectivity index is 1.59. The predicted octanol–water partition coefficient (Wildman–Crippen LogP) is 4.11. The fourth-order valence-electron chi connectivity index (χ4n) is 2.64. The number of anilines is 1. The van der Waals surface area contributed by atoms with Gasteiger partial charge in [-0.05, 0) is 43.2 Å². The van der Waals surface area contributed by atoms with E-state index >= 15 is 0 Å². The number of nitrogens with zero attached hydrogens (tertiary/aromatic N) is 1. The Kier molecular flexibility index (Phi) is 4.12. The van der Waals surface area contributed by atoms with Crippen molar-refractivity contribution < 1.29 is 19.0 Å². The van der Waals surface area contributed by atoms with Crippen LogP contribution in [0, 0.1) is 5.82 Å². The highest BCUT2D eigenvalue weighted by Crippen LogP contribution is 2.36. The largest absolute Gasteiger partial charge is 0.491 e. The standard InChI is InChI=1S/C20H19FN2O3/c1-22-13-2-5-19(16(21)10-13)26-18-6-9-23-17-11-14(3-4-15(17)18)25-12-20(24)7-8-20/h2-6,9-11,22,24H,7-8,12H2,1H3. The number of aliphatic hydroxyl groups is 1. The molecule has 2 aromatic carbocycles. The summed E-state index contributed by atoms with van der Waals surface area (Å²) in [6.07, 6.45) is 3.15. The van der Waals surface area contributed by atoms with Crippen LogP contribution in [0.2, 0.25) is 0 Å². The average molecular weight is 354 g/mol. The molecule has 1 fully saturated rings. The van der Waals surface area contributed by atoms with Crippen molar-refractivity contribution in [2.24, 2.45) is 0 Å². The molecule has 0 aliphatic heterocycles. The van der Waals surface area contributed by atoms with Crippen LogP contribution in [0.15, 0.2) is 48.7 Å². The fourth-order valence-corrected chi connectivity index (χ4v) is 2.64. The van der Waals surface area contributed by atoms with Crippen LogP contribution in [-0.2, 0) is 0 Å². The highest BCUT2D eigenvalue weighted by molar-refractivity contribution is 5.86. The monoisotopic (exact) mass is 354 g/mol. The van der Waals surface area contributed by atoms with E-state index in [0.717, 1.165) is 18.2 Å². The Bertz CT molecular complexity index is 957. The molecule has 0 radical (unpaired) electrons. The van der Waals surface area contributed by atoms with E-state index in [-0.39, 0.29) is 12.4 Å². The van der Waals surface area contributed by atoms with Gasteiger partial charge in [-0.1, -0.05) is 0 Å². The predicted molar refractivity (Wildman–Crippen MR) is 97.4 cm³/mol. The molecular formula is C20H19FN2O3. The van der Waals surface area contributed by atoms with Gasteiger partial charge >= 0.3 is 0 Å². The smallest absolute Gasteiger partial charge is 0.167 e. The summed E-state index contributed by atoms with van der Waals surface area (Å²) in [5.74, 6) is 0.845. The van der Waals surface area contributed by atoms with Gasteiger partial charge in [0.25, 0.3) is 0 Å². The van der Waals surface area contributed by atoms with Crippen LogP contribution < -0.4 is 14.8 Å². The van der Waals surface area contributed by atoms with Crippen LogP contribution in [0.3, 0.4) is 0 Å². The third-order valence-electron chi connectivity index (χ3n) is 4.45. The second kappa shape index (κ2) is 6.46. The third-order valence-corrected chi connectivity index (χ3v) is 4.45. The van der Waals surface area contributed by atoms with E-state index in [1.807, 2.05) is 6.07 Å². The van der Waals surface area contributed by atoms with Crippen molar-refractivity contribution >= 4 is 16.6 Å². The molecule has 0 amide bonds. The van der Waals surface area contributed by atoms with Crippen molar-refractivity contribution in [3.05, 3.63) is 54.5 Å². The molecule has 1 aliphatic carbocycles. The SMILES string of the molecule is CNc1ccc(Oc2ccnc3cc(OCC4(O)CC4)ccc23)c(F)c1. The van der Waals surface area contributed by atoms with E-state index in [4.69, 9.17) is 9.47 Å². The minimum absolute atomic E-state index is 0.146. The molecule has 1 aliphatic rings.